The molecule has 0 saturated carbocycles. The van der Waals surface area contributed by atoms with Crippen LogP contribution in [0.3, 0.4) is 0 Å². The lowest BCUT2D eigenvalue weighted by Crippen LogP contribution is -1.96. The molecule has 0 saturated heterocycles. The van der Waals surface area contributed by atoms with Crippen LogP contribution in [0.2, 0.25) is 0 Å². The molecule has 0 N–H and O–H groups in total. The van der Waals surface area contributed by atoms with Crippen LogP contribution in [-0.4, -0.2) is 9.97 Å². The Bertz CT molecular complexity index is 683. The highest BCUT2D eigenvalue weighted by molar-refractivity contribution is 9.11. The molecule has 3 nitrogen and oxygen atoms in total. The number of hydrogen-bond acceptors (Lipinski definition) is 3. The second-order valence-electron chi connectivity index (χ2n) is 4.39. The van der Waals surface area contributed by atoms with Crippen LogP contribution >= 0.6 is 47.8 Å². The van der Waals surface area contributed by atoms with Crippen molar-refractivity contribution in [3.8, 4) is 5.88 Å². The van der Waals surface area contributed by atoms with Gasteiger partial charge in [-0.15, -0.1) is 0 Å². The number of pyridine rings is 2. The van der Waals surface area contributed by atoms with E-state index in [2.05, 4.69) is 57.8 Å². The predicted octanol–water partition coefficient (Wildman–Crippen LogP) is 6.03. The highest BCUT2D eigenvalue weighted by Crippen LogP contribution is 2.13. The topological polar surface area (TPSA) is 35.0 Å². The number of rotatable bonds is 3. The Morgan fingerprint density at radius 3 is 1.91 bits per heavy atom. The number of aromatic nitrogens is 2. The molecule has 1 aromatic carbocycles. The quantitative estimate of drug-likeness (QED) is 0.412. The molecule has 0 aliphatic heterocycles. The van der Waals surface area contributed by atoms with Gasteiger partial charge in [-0.2, -0.15) is 0 Å². The molecular formula is C17H13Br3N2O. The van der Waals surface area contributed by atoms with Crippen molar-refractivity contribution < 1.29 is 4.74 Å². The third-order valence-corrected chi connectivity index (χ3v) is 4.03. The van der Waals surface area contributed by atoms with E-state index in [0.717, 1.165) is 19.1 Å². The van der Waals surface area contributed by atoms with E-state index in [4.69, 9.17) is 4.74 Å². The lowest BCUT2D eigenvalue weighted by atomic mass is 10.2. The number of nitrogens with zero attached hydrogens (tertiary/aromatic N) is 2. The molecule has 2 heterocycles. The van der Waals surface area contributed by atoms with Crippen molar-refractivity contribution in [1.29, 1.82) is 0 Å². The van der Waals surface area contributed by atoms with Crippen LogP contribution in [0.5, 0.6) is 5.88 Å². The van der Waals surface area contributed by atoms with Gasteiger partial charge in [-0.3, -0.25) is 0 Å². The molecule has 0 aliphatic rings. The smallest absolute Gasteiger partial charge is 0.213 e. The first-order valence-electron chi connectivity index (χ1n) is 6.69. The summed E-state index contributed by atoms with van der Waals surface area (Å²) in [6, 6.07) is 17.6. The van der Waals surface area contributed by atoms with Crippen LogP contribution in [0, 0.1) is 0 Å². The van der Waals surface area contributed by atoms with Crippen LogP contribution in [0.1, 0.15) is 5.56 Å². The number of benzene rings is 1. The van der Waals surface area contributed by atoms with Gasteiger partial charge in [0.25, 0.3) is 0 Å². The van der Waals surface area contributed by atoms with Gasteiger partial charge in [0.2, 0.25) is 5.88 Å². The minimum atomic E-state index is 0.551. The first-order chi connectivity index (χ1) is 11.1. The van der Waals surface area contributed by atoms with Gasteiger partial charge in [-0.05, 0) is 71.6 Å². The van der Waals surface area contributed by atoms with Gasteiger partial charge in [-0.1, -0.05) is 30.3 Å². The molecule has 0 radical (unpaired) electrons. The van der Waals surface area contributed by atoms with Crippen molar-refractivity contribution in [2.75, 3.05) is 0 Å². The lowest BCUT2D eigenvalue weighted by molar-refractivity contribution is 0.294. The average molecular weight is 501 g/mol. The summed E-state index contributed by atoms with van der Waals surface area (Å²) >= 11 is 9.80. The molecule has 3 aromatic rings. The molecule has 118 valence electrons. The maximum Gasteiger partial charge on any atom is 0.213 e. The Balaban J connectivity index is 0.000000203. The summed E-state index contributed by atoms with van der Waals surface area (Å²) in [7, 11) is 0. The zero-order chi connectivity index (χ0) is 16.5. The van der Waals surface area contributed by atoms with Crippen molar-refractivity contribution in [2.45, 2.75) is 6.61 Å². The van der Waals surface area contributed by atoms with E-state index in [1.54, 1.807) is 12.4 Å². The van der Waals surface area contributed by atoms with E-state index in [1.807, 2.05) is 54.6 Å². The van der Waals surface area contributed by atoms with Crippen LogP contribution in [-0.2, 0) is 6.61 Å². The Labute approximate surface area is 160 Å². The lowest BCUT2D eigenvalue weighted by Gasteiger charge is -2.04. The minimum absolute atomic E-state index is 0.551. The van der Waals surface area contributed by atoms with E-state index in [9.17, 15) is 0 Å². The van der Waals surface area contributed by atoms with Crippen LogP contribution in [0.4, 0.5) is 0 Å². The Kier molecular flexibility index (Phi) is 7.71. The zero-order valence-electron chi connectivity index (χ0n) is 12.0. The normalized spacial score (nSPS) is 9.70. The van der Waals surface area contributed by atoms with Crippen molar-refractivity contribution >= 4 is 47.8 Å². The average Bonchev–Trinajstić information content (AvgIpc) is 2.59. The molecule has 0 bridgehead atoms. The van der Waals surface area contributed by atoms with Gasteiger partial charge in [0.1, 0.15) is 11.2 Å². The first kappa shape index (κ1) is 18.1. The van der Waals surface area contributed by atoms with Gasteiger partial charge in [0, 0.05) is 27.4 Å². The third-order valence-electron chi connectivity index (χ3n) is 2.62. The molecule has 0 aliphatic carbocycles. The summed E-state index contributed by atoms with van der Waals surface area (Å²) in [5.74, 6) is 0.641. The number of ether oxygens (including phenoxy) is 1. The van der Waals surface area contributed by atoms with E-state index < -0.39 is 0 Å². The number of halogens is 3. The van der Waals surface area contributed by atoms with Crippen LogP contribution in [0.15, 0.2) is 80.5 Å². The van der Waals surface area contributed by atoms with Crippen molar-refractivity contribution in [3.05, 3.63) is 86.1 Å². The molecule has 0 unspecified atom stereocenters. The van der Waals surface area contributed by atoms with E-state index >= 15 is 0 Å². The highest BCUT2D eigenvalue weighted by atomic mass is 79.9. The summed E-state index contributed by atoms with van der Waals surface area (Å²) in [6.07, 6.45) is 3.46. The van der Waals surface area contributed by atoms with E-state index in [-0.39, 0.29) is 0 Å². The van der Waals surface area contributed by atoms with Gasteiger partial charge in [-0.25, -0.2) is 9.97 Å². The van der Waals surface area contributed by atoms with E-state index in [1.165, 1.54) is 0 Å². The fraction of sp³-hybridized carbons (Fsp3) is 0.0588. The second-order valence-corrected chi connectivity index (χ2v) is 7.03. The SMILES string of the molecule is Brc1ccc(Br)nc1.Brc1ccc(OCc2ccccc2)nc1. The molecule has 0 amide bonds. The van der Waals surface area contributed by atoms with Gasteiger partial charge in [0.15, 0.2) is 0 Å². The summed E-state index contributed by atoms with van der Waals surface area (Å²) in [4.78, 5) is 8.07. The molecule has 23 heavy (non-hydrogen) atoms. The fourth-order valence-electron chi connectivity index (χ4n) is 1.54. The maximum atomic E-state index is 5.52. The molecule has 0 fully saturated rings. The largest absolute Gasteiger partial charge is 0.473 e. The monoisotopic (exact) mass is 498 g/mol. The van der Waals surface area contributed by atoms with Crippen LogP contribution in [0.25, 0.3) is 0 Å². The summed E-state index contributed by atoms with van der Waals surface area (Å²) in [5.41, 5.74) is 1.14. The summed E-state index contributed by atoms with van der Waals surface area (Å²) < 4.78 is 8.33. The van der Waals surface area contributed by atoms with Gasteiger partial charge >= 0.3 is 0 Å². The van der Waals surface area contributed by atoms with Crippen molar-refractivity contribution in [2.24, 2.45) is 0 Å². The number of hydrogen-bond donors (Lipinski definition) is 0. The van der Waals surface area contributed by atoms with Gasteiger partial charge in [0.05, 0.1) is 0 Å². The standard InChI is InChI=1S/C12H10BrNO.C5H3Br2N/c13-11-6-7-12(14-8-11)15-9-10-4-2-1-3-5-10;6-4-1-2-5(7)8-3-4/h1-8H,9H2;1-3H. The Morgan fingerprint density at radius 1 is 0.739 bits per heavy atom. The van der Waals surface area contributed by atoms with Crippen molar-refractivity contribution in [1.82, 2.24) is 9.97 Å². The van der Waals surface area contributed by atoms with Gasteiger partial charge < -0.3 is 4.74 Å². The molecule has 6 heteroatoms. The maximum absolute atomic E-state index is 5.52. The first-order valence-corrected chi connectivity index (χ1v) is 9.07. The predicted molar refractivity (Wildman–Crippen MR) is 102 cm³/mol. The zero-order valence-corrected chi connectivity index (χ0v) is 16.8. The molecule has 3 rings (SSSR count). The molecule has 2 aromatic heterocycles. The third kappa shape index (κ3) is 7.24. The van der Waals surface area contributed by atoms with E-state index in [0.29, 0.717) is 12.5 Å². The minimum Gasteiger partial charge on any atom is -0.473 e. The van der Waals surface area contributed by atoms with Crippen molar-refractivity contribution in [3.63, 3.8) is 0 Å². The Hall–Kier alpha value is -1.24. The Morgan fingerprint density at radius 2 is 1.39 bits per heavy atom. The van der Waals surface area contributed by atoms with Crippen LogP contribution < -0.4 is 4.74 Å². The summed E-state index contributed by atoms with van der Waals surface area (Å²) in [5, 5.41) is 0. The fourth-order valence-corrected chi connectivity index (χ4v) is 2.24. The molecule has 0 atom stereocenters. The highest BCUT2D eigenvalue weighted by Gasteiger charge is 1.96. The summed E-state index contributed by atoms with van der Waals surface area (Å²) in [6.45, 7) is 0.551. The molecule has 0 spiro atoms. The second kappa shape index (κ2) is 9.80. The molecular weight excluding hydrogens is 488 g/mol.